The number of alkyl carbamates (subject to hydrolysis) is 1. The Morgan fingerprint density at radius 2 is 1.75 bits per heavy atom. The Morgan fingerprint density at radius 1 is 1.07 bits per heavy atom. The lowest BCUT2D eigenvalue weighted by molar-refractivity contribution is 0.0436. The summed E-state index contributed by atoms with van der Waals surface area (Å²) in [5.74, 6) is 1.36. The summed E-state index contributed by atoms with van der Waals surface area (Å²) in [6.45, 7) is 28.1. The molecule has 2 N–H and O–H groups in total. The molecule has 0 spiro atoms. The molecule has 0 saturated heterocycles. The lowest BCUT2D eigenvalue weighted by Gasteiger charge is -2.38. The number of pyridine rings is 1. The standard InChI is InChI=1S/C34H59N5O4Si/c1-23(36-31(40)42-33(6,7)8)17-19-41-24(2)28-21-26(16-18-35-28)37-30-22-29(38-39(30)32(3,4)5)25-14-15-27(20-25)43-44(12,13)34(9,10)11/h16,18,21-25,27H,14-15,17,19-20H2,1-13H3,(H,35,37)(H,36,40)/t23-,24-,25-,27+/m0/s1. The van der Waals surface area contributed by atoms with E-state index in [0.717, 1.165) is 42.2 Å². The summed E-state index contributed by atoms with van der Waals surface area (Å²) >= 11 is 0. The highest BCUT2D eigenvalue weighted by Crippen LogP contribution is 2.43. The van der Waals surface area contributed by atoms with Gasteiger partial charge < -0.3 is 24.5 Å². The molecule has 2 heterocycles. The smallest absolute Gasteiger partial charge is 0.407 e. The van der Waals surface area contributed by atoms with Crippen molar-refractivity contribution in [3.05, 3.63) is 35.8 Å². The molecule has 0 radical (unpaired) electrons. The third-order valence-corrected chi connectivity index (χ3v) is 13.1. The van der Waals surface area contributed by atoms with E-state index in [1.54, 1.807) is 0 Å². The van der Waals surface area contributed by atoms with Gasteiger partial charge in [-0.05, 0) is 111 Å². The van der Waals surface area contributed by atoms with Crippen molar-refractivity contribution >= 4 is 25.9 Å². The minimum absolute atomic E-state index is 0.0707. The van der Waals surface area contributed by atoms with E-state index in [4.69, 9.17) is 19.0 Å². The summed E-state index contributed by atoms with van der Waals surface area (Å²) in [5, 5.41) is 11.8. The number of carbonyl (C=O) groups is 1. The zero-order valence-corrected chi connectivity index (χ0v) is 30.6. The topological polar surface area (TPSA) is 99.5 Å². The molecule has 0 aliphatic heterocycles. The Balaban J connectivity index is 1.64. The van der Waals surface area contributed by atoms with Gasteiger partial charge in [0.05, 0.1) is 23.0 Å². The first-order valence-corrected chi connectivity index (χ1v) is 19.2. The molecule has 1 amide bonds. The lowest BCUT2D eigenvalue weighted by atomic mass is 10.0. The van der Waals surface area contributed by atoms with Crippen molar-refractivity contribution in [3.8, 4) is 0 Å². The lowest BCUT2D eigenvalue weighted by Crippen LogP contribution is -2.43. The van der Waals surface area contributed by atoms with Gasteiger partial charge in [-0.1, -0.05) is 20.8 Å². The van der Waals surface area contributed by atoms with Crippen molar-refractivity contribution in [2.75, 3.05) is 11.9 Å². The number of anilines is 2. The summed E-state index contributed by atoms with van der Waals surface area (Å²) in [6, 6.07) is 6.15. The zero-order valence-electron chi connectivity index (χ0n) is 29.6. The van der Waals surface area contributed by atoms with Crippen LogP contribution < -0.4 is 10.6 Å². The van der Waals surface area contributed by atoms with E-state index in [9.17, 15) is 4.79 Å². The Morgan fingerprint density at radius 3 is 2.36 bits per heavy atom. The molecular weight excluding hydrogens is 570 g/mol. The fourth-order valence-electron chi connectivity index (χ4n) is 5.09. The first-order valence-electron chi connectivity index (χ1n) is 16.3. The Hall–Kier alpha value is -2.43. The highest BCUT2D eigenvalue weighted by molar-refractivity contribution is 6.74. The number of hydrogen-bond acceptors (Lipinski definition) is 7. The van der Waals surface area contributed by atoms with E-state index in [-0.39, 0.29) is 22.7 Å². The molecule has 1 aliphatic rings. The third-order valence-electron chi connectivity index (χ3n) is 8.59. The van der Waals surface area contributed by atoms with Crippen LogP contribution in [0.3, 0.4) is 0 Å². The highest BCUT2D eigenvalue weighted by atomic mass is 28.4. The number of nitrogens with one attached hydrogen (secondary N) is 2. The van der Waals surface area contributed by atoms with Crippen LogP contribution in [-0.2, 0) is 19.4 Å². The van der Waals surface area contributed by atoms with Gasteiger partial charge in [-0.25, -0.2) is 9.48 Å². The molecule has 1 aliphatic carbocycles. The molecular formula is C34H59N5O4Si. The molecule has 2 aromatic rings. The van der Waals surface area contributed by atoms with Gasteiger partial charge in [-0.15, -0.1) is 0 Å². The van der Waals surface area contributed by atoms with Crippen molar-refractivity contribution in [1.82, 2.24) is 20.1 Å². The van der Waals surface area contributed by atoms with E-state index in [1.165, 1.54) is 0 Å². The fourth-order valence-corrected chi connectivity index (χ4v) is 6.49. The highest BCUT2D eigenvalue weighted by Gasteiger charge is 2.41. The van der Waals surface area contributed by atoms with Crippen molar-refractivity contribution in [2.45, 2.75) is 155 Å². The molecule has 1 saturated carbocycles. The van der Waals surface area contributed by atoms with Gasteiger partial charge in [-0.3, -0.25) is 4.98 Å². The molecule has 44 heavy (non-hydrogen) atoms. The molecule has 9 nitrogen and oxygen atoms in total. The molecule has 248 valence electrons. The molecule has 10 heteroatoms. The van der Waals surface area contributed by atoms with E-state index < -0.39 is 20.0 Å². The van der Waals surface area contributed by atoms with Crippen LogP contribution in [-0.4, -0.2) is 53.5 Å². The summed E-state index contributed by atoms with van der Waals surface area (Å²) in [5.41, 5.74) is 2.19. The van der Waals surface area contributed by atoms with Gasteiger partial charge in [0.2, 0.25) is 0 Å². The molecule has 1 fully saturated rings. The van der Waals surface area contributed by atoms with Crippen LogP contribution in [0.25, 0.3) is 0 Å². The monoisotopic (exact) mass is 629 g/mol. The minimum atomic E-state index is -1.81. The molecule has 0 aromatic carbocycles. The number of rotatable bonds is 11. The van der Waals surface area contributed by atoms with Crippen molar-refractivity contribution in [3.63, 3.8) is 0 Å². The Labute approximate surface area is 267 Å². The average Bonchev–Trinajstić information content (AvgIpc) is 3.49. The number of carbonyl (C=O) groups excluding carboxylic acids is 1. The molecule has 3 rings (SSSR count). The number of aromatic nitrogens is 3. The van der Waals surface area contributed by atoms with E-state index in [2.05, 4.69) is 81.0 Å². The molecule has 0 unspecified atom stereocenters. The van der Waals surface area contributed by atoms with E-state index in [0.29, 0.717) is 25.0 Å². The van der Waals surface area contributed by atoms with Gasteiger partial charge in [0.25, 0.3) is 0 Å². The Kier molecular flexibility index (Phi) is 11.4. The van der Waals surface area contributed by atoms with Crippen molar-refractivity contribution < 1.29 is 18.7 Å². The fraction of sp³-hybridized carbons (Fsp3) is 0.735. The molecule has 2 aromatic heterocycles. The average molecular weight is 630 g/mol. The van der Waals surface area contributed by atoms with Gasteiger partial charge in [0.15, 0.2) is 8.32 Å². The summed E-state index contributed by atoms with van der Waals surface area (Å²) in [6.07, 6.45) is 5.36. The SMILES string of the molecule is C[C@H](OCC[C@H](C)NC(=O)OC(C)(C)C)c1cc(Nc2cc([C@H]3CC[C@@H](O[Si](C)(C)C(C)(C)C)C3)nn2C(C)(C)C)ccn1. The van der Waals surface area contributed by atoms with Gasteiger partial charge in [0, 0.05) is 42.6 Å². The maximum Gasteiger partial charge on any atom is 0.407 e. The molecule has 0 bridgehead atoms. The van der Waals surface area contributed by atoms with Crippen LogP contribution in [0.1, 0.15) is 125 Å². The normalized spacial score (nSPS) is 19.5. The summed E-state index contributed by atoms with van der Waals surface area (Å²) in [4.78, 5) is 16.6. The predicted molar refractivity (Wildman–Crippen MR) is 181 cm³/mol. The number of nitrogens with zero attached hydrogens (tertiary/aromatic N) is 3. The van der Waals surface area contributed by atoms with Crippen LogP contribution in [0.5, 0.6) is 0 Å². The minimum Gasteiger partial charge on any atom is -0.444 e. The van der Waals surface area contributed by atoms with Crippen LogP contribution in [0, 0.1) is 0 Å². The first-order chi connectivity index (χ1) is 20.1. The maximum absolute atomic E-state index is 12.0. The van der Waals surface area contributed by atoms with Crippen LogP contribution in [0.2, 0.25) is 18.1 Å². The second-order valence-corrected chi connectivity index (χ2v) is 20.7. The zero-order chi connectivity index (χ0) is 33.1. The first kappa shape index (κ1) is 36.0. The van der Waals surface area contributed by atoms with Gasteiger partial charge in [-0.2, -0.15) is 5.10 Å². The third kappa shape index (κ3) is 10.3. The Bertz CT molecular complexity index is 1240. The summed E-state index contributed by atoms with van der Waals surface area (Å²) in [7, 11) is -1.81. The maximum atomic E-state index is 12.0. The van der Waals surface area contributed by atoms with Gasteiger partial charge in [0.1, 0.15) is 11.4 Å². The predicted octanol–water partition coefficient (Wildman–Crippen LogP) is 8.82. The number of ether oxygens (including phenoxy) is 2. The van der Waals surface area contributed by atoms with Crippen molar-refractivity contribution in [1.29, 1.82) is 0 Å². The van der Waals surface area contributed by atoms with Crippen LogP contribution in [0.15, 0.2) is 24.4 Å². The second-order valence-electron chi connectivity index (χ2n) is 16.0. The van der Waals surface area contributed by atoms with Crippen LogP contribution >= 0.6 is 0 Å². The number of amides is 1. The van der Waals surface area contributed by atoms with E-state index in [1.807, 2.05) is 52.9 Å². The second kappa shape index (κ2) is 13.9. The molecule has 4 atom stereocenters. The quantitative estimate of drug-likeness (QED) is 0.240. The largest absolute Gasteiger partial charge is 0.444 e. The van der Waals surface area contributed by atoms with E-state index >= 15 is 0 Å². The van der Waals surface area contributed by atoms with Gasteiger partial charge >= 0.3 is 6.09 Å². The summed E-state index contributed by atoms with van der Waals surface area (Å²) < 4.78 is 20.3. The van der Waals surface area contributed by atoms with Crippen LogP contribution in [0.4, 0.5) is 16.3 Å². The van der Waals surface area contributed by atoms with Crippen molar-refractivity contribution in [2.24, 2.45) is 0 Å². The number of hydrogen-bond donors (Lipinski definition) is 2.